The second-order valence-corrected chi connectivity index (χ2v) is 18.3. The van der Waals surface area contributed by atoms with Gasteiger partial charge in [0.1, 0.15) is 13.2 Å². The standard InChI is InChI=1S/C61H102O6/c1-4-7-10-13-16-19-22-25-28-29-30-31-34-36-39-42-45-48-51-54-60(63)66-57-58(67-61(64)55-52-49-46-43-40-37-33-27-24-21-18-15-12-9-6-3)56-65-59(62)53-50-47-44-41-38-35-32-26-23-20-17-14-11-8-5-2/h9,12,15,17-18,20-21,23-24,26-27,29-30,33,37,40,58H,4-8,10-11,13-14,16,19,22,25,28,31-32,34-36,38-39,41-57H2,1-3H3/b12-9-,18-15-,20-17-,24-21-,26-23-,30-29-,33-27-,40-37-. The van der Waals surface area contributed by atoms with E-state index in [1.807, 2.05) is 48.6 Å². The Balaban J connectivity index is 4.46. The molecule has 0 rings (SSSR count). The Hall–Kier alpha value is -3.67. The second kappa shape index (κ2) is 54.9. The number of unbranched alkanes of at least 4 members (excludes halogenated alkanes) is 27. The van der Waals surface area contributed by atoms with E-state index in [-0.39, 0.29) is 37.5 Å². The van der Waals surface area contributed by atoms with Gasteiger partial charge >= 0.3 is 17.9 Å². The quantitative estimate of drug-likeness (QED) is 0.0199. The van der Waals surface area contributed by atoms with Crippen LogP contribution < -0.4 is 0 Å². The summed E-state index contributed by atoms with van der Waals surface area (Å²) < 4.78 is 16.8. The van der Waals surface area contributed by atoms with Crippen molar-refractivity contribution in [3.8, 4) is 0 Å². The molecule has 0 saturated carbocycles. The molecule has 0 heterocycles. The molecule has 0 spiro atoms. The zero-order valence-electron chi connectivity index (χ0n) is 43.6. The van der Waals surface area contributed by atoms with Crippen LogP contribution in [0.15, 0.2) is 97.2 Å². The minimum atomic E-state index is -0.807. The van der Waals surface area contributed by atoms with Gasteiger partial charge in [0.05, 0.1) is 0 Å². The molecule has 0 N–H and O–H groups in total. The maximum absolute atomic E-state index is 12.8. The minimum Gasteiger partial charge on any atom is -0.462 e. The van der Waals surface area contributed by atoms with Gasteiger partial charge in [-0.15, -0.1) is 0 Å². The predicted molar refractivity (Wildman–Crippen MR) is 288 cm³/mol. The van der Waals surface area contributed by atoms with Crippen LogP contribution in [-0.4, -0.2) is 37.2 Å². The maximum atomic E-state index is 12.8. The molecule has 0 aromatic heterocycles. The summed E-state index contributed by atoms with van der Waals surface area (Å²) in [5, 5.41) is 0. The van der Waals surface area contributed by atoms with E-state index >= 15 is 0 Å². The Kier molecular flexibility index (Phi) is 51.9. The Bertz CT molecular complexity index is 1350. The lowest BCUT2D eigenvalue weighted by molar-refractivity contribution is -0.167. The number of allylic oxidation sites excluding steroid dienone is 16. The van der Waals surface area contributed by atoms with E-state index in [1.165, 1.54) is 135 Å². The number of carbonyl (C=O) groups excluding carboxylic acids is 3. The van der Waals surface area contributed by atoms with Gasteiger partial charge in [-0.25, -0.2) is 0 Å². The zero-order chi connectivity index (χ0) is 48.6. The highest BCUT2D eigenvalue weighted by atomic mass is 16.6. The summed E-state index contributed by atoms with van der Waals surface area (Å²) in [6.45, 7) is 6.42. The molecule has 382 valence electrons. The largest absolute Gasteiger partial charge is 0.462 e. The van der Waals surface area contributed by atoms with E-state index < -0.39 is 6.10 Å². The monoisotopic (exact) mass is 931 g/mol. The van der Waals surface area contributed by atoms with Crippen molar-refractivity contribution in [1.82, 2.24) is 0 Å². The molecular formula is C61H102O6. The summed E-state index contributed by atoms with van der Waals surface area (Å²) in [5.41, 5.74) is 0. The number of ether oxygens (including phenoxy) is 3. The van der Waals surface area contributed by atoms with Gasteiger partial charge in [0, 0.05) is 19.3 Å². The molecule has 1 atom stereocenters. The summed E-state index contributed by atoms with van der Waals surface area (Å²) in [7, 11) is 0. The van der Waals surface area contributed by atoms with Gasteiger partial charge in [-0.1, -0.05) is 240 Å². The van der Waals surface area contributed by atoms with E-state index in [2.05, 4.69) is 69.4 Å². The molecule has 67 heavy (non-hydrogen) atoms. The lowest BCUT2D eigenvalue weighted by Crippen LogP contribution is -2.30. The van der Waals surface area contributed by atoms with Crippen LogP contribution in [0.1, 0.15) is 252 Å². The van der Waals surface area contributed by atoms with E-state index in [0.29, 0.717) is 19.3 Å². The van der Waals surface area contributed by atoms with Crippen LogP contribution in [0.2, 0.25) is 0 Å². The summed E-state index contributed by atoms with van der Waals surface area (Å²) in [6, 6.07) is 0. The van der Waals surface area contributed by atoms with Gasteiger partial charge in [0.15, 0.2) is 6.10 Å². The second-order valence-electron chi connectivity index (χ2n) is 18.3. The normalized spacial score (nSPS) is 12.8. The third-order valence-corrected chi connectivity index (χ3v) is 11.7. The van der Waals surface area contributed by atoms with Crippen LogP contribution in [0.5, 0.6) is 0 Å². The van der Waals surface area contributed by atoms with Crippen LogP contribution >= 0.6 is 0 Å². The van der Waals surface area contributed by atoms with Gasteiger partial charge in [-0.05, 0) is 89.9 Å². The highest BCUT2D eigenvalue weighted by Crippen LogP contribution is 2.14. The smallest absolute Gasteiger partial charge is 0.306 e. The van der Waals surface area contributed by atoms with Gasteiger partial charge in [0.2, 0.25) is 0 Å². The molecule has 0 aliphatic rings. The lowest BCUT2D eigenvalue weighted by atomic mass is 10.1. The molecule has 0 radical (unpaired) electrons. The first kappa shape index (κ1) is 63.3. The molecular weight excluding hydrogens is 829 g/mol. The summed E-state index contributed by atoms with van der Waals surface area (Å²) in [6.07, 6.45) is 72.5. The Morgan fingerprint density at radius 1 is 0.313 bits per heavy atom. The van der Waals surface area contributed by atoms with Crippen molar-refractivity contribution in [2.75, 3.05) is 13.2 Å². The third-order valence-electron chi connectivity index (χ3n) is 11.7. The fourth-order valence-corrected chi connectivity index (χ4v) is 7.51. The molecule has 0 aromatic rings. The molecule has 0 aromatic carbocycles. The Morgan fingerprint density at radius 2 is 0.597 bits per heavy atom. The Labute approximate surface area is 413 Å². The number of hydrogen-bond donors (Lipinski definition) is 0. The number of carbonyl (C=O) groups is 3. The summed E-state index contributed by atoms with van der Waals surface area (Å²) in [5.74, 6) is -0.959. The van der Waals surface area contributed by atoms with E-state index in [1.54, 1.807) is 0 Å². The van der Waals surface area contributed by atoms with Crippen molar-refractivity contribution >= 4 is 17.9 Å². The van der Waals surface area contributed by atoms with Crippen molar-refractivity contribution < 1.29 is 28.6 Å². The van der Waals surface area contributed by atoms with Crippen LogP contribution in [0.3, 0.4) is 0 Å². The van der Waals surface area contributed by atoms with Crippen molar-refractivity contribution in [3.63, 3.8) is 0 Å². The maximum Gasteiger partial charge on any atom is 0.306 e. The van der Waals surface area contributed by atoms with E-state index in [0.717, 1.165) is 70.6 Å². The molecule has 6 heteroatoms. The van der Waals surface area contributed by atoms with Crippen molar-refractivity contribution in [3.05, 3.63) is 97.2 Å². The Morgan fingerprint density at radius 3 is 1.01 bits per heavy atom. The molecule has 1 unspecified atom stereocenters. The highest BCUT2D eigenvalue weighted by Gasteiger charge is 2.19. The summed E-state index contributed by atoms with van der Waals surface area (Å²) >= 11 is 0. The third kappa shape index (κ3) is 53.2. The first-order valence-corrected chi connectivity index (χ1v) is 27.8. The molecule has 0 amide bonds. The van der Waals surface area contributed by atoms with Crippen molar-refractivity contribution in [1.29, 1.82) is 0 Å². The average molecular weight is 931 g/mol. The molecule has 0 saturated heterocycles. The van der Waals surface area contributed by atoms with Gasteiger partial charge < -0.3 is 14.2 Å². The van der Waals surface area contributed by atoms with Crippen molar-refractivity contribution in [2.45, 2.75) is 258 Å². The SMILES string of the molecule is CC\C=C/C=C\C=C/C=C\C=C/CCCCCC(=O)OC(COC(=O)CCCCCCCC/C=C\C=C/CCCCC)COC(=O)CCCCCCCCC/C=C\CCCCCCCCCC. The van der Waals surface area contributed by atoms with Gasteiger partial charge in [-0.3, -0.25) is 14.4 Å². The molecule has 0 bridgehead atoms. The molecule has 0 aliphatic heterocycles. The highest BCUT2D eigenvalue weighted by molar-refractivity contribution is 5.71. The number of hydrogen-bond acceptors (Lipinski definition) is 6. The molecule has 6 nitrogen and oxygen atoms in total. The van der Waals surface area contributed by atoms with Crippen molar-refractivity contribution in [2.24, 2.45) is 0 Å². The fraction of sp³-hybridized carbons (Fsp3) is 0.689. The predicted octanol–water partition coefficient (Wildman–Crippen LogP) is 18.5. The topological polar surface area (TPSA) is 78.9 Å². The average Bonchev–Trinajstić information content (AvgIpc) is 3.33. The summed E-state index contributed by atoms with van der Waals surface area (Å²) in [4.78, 5) is 38.1. The first-order valence-electron chi connectivity index (χ1n) is 27.8. The van der Waals surface area contributed by atoms with E-state index in [9.17, 15) is 14.4 Å². The lowest BCUT2D eigenvalue weighted by Gasteiger charge is -2.18. The van der Waals surface area contributed by atoms with Gasteiger partial charge in [0.25, 0.3) is 0 Å². The molecule has 0 aliphatic carbocycles. The van der Waals surface area contributed by atoms with E-state index in [4.69, 9.17) is 14.2 Å². The van der Waals surface area contributed by atoms with Crippen LogP contribution in [0.4, 0.5) is 0 Å². The zero-order valence-corrected chi connectivity index (χ0v) is 43.6. The van der Waals surface area contributed by atoms with Crippen LogP contribution in [0.25, 0.3) is 0 Å². The minimum absolute atomic E-state index is 0.102. The fourth-order valence-electron chi connectivity index (χ4n) is 7.51. The van der Waals surface area contributed by atoms with Crippen LogP contribution in [0, 0.1) is 0 Å². The first-order chi connectivity index (χ1) is 33.0. The van der Waals surface area contributed by atoms with Gasteiger partial charge in [-0.2, -0.15) is 0 Å². The van der Waals surface area contributed by atoms with Crippen LogP contribution in [-0.2, 0) is 28.6 Å². The molecule has 0 fully saturated rings. The number of esters is 3. The number of rotatable bonds is 49.